The van der Waals surface area contributed by atoms with Gasteiger partial charge in [-0.3, -0.25) is 5.32 Å². The number of piperidine rings is 2. The third kappa shape index (κ3) is 4.33. The summed E-state index contributed by atoms with van der Waals surface area (Å²) in [7, 11) is 0. The molecule has 2 N–H and O–H groups in total. The fourth-order valence-corrected chi connectivity index (χ4v) is 16.7. The number of anilines is 2. The lowest BCUT2D eigenvalue weighted by Crippen LogP contribution is -2.74. The fraction of sp³-hybridized carbons (Fsp3) is 0.583. The number of nitrogens with zero attached hydrogens (tertiary/aromatic N) is 6. The number of aromatic nitrogens is 2. The fourth-order valence-electron chi connectivity index (χ4n) is 16.7. The SMILES string of the molecule is c1ccc(N2C3=C(C4CCCCC42)C2NCCC4B5C6CCCC7C8=C(N(c9ccccc9)C9NCCCC89)N(C8CC(c9ncccn9)CC(C58)N3C42)C67)cc1. The summed E-state index contributed by atoms with van der Waals surface area (Å²) in [6, 6.07) is 28.4. The smallest absolute Gasteiger partial charge is 0.159 e. The predicted octanol–water partition coefficient (Wildman–Crippen LogP) is 7.60. The van der Waals surface area contributed by atoms with Gasteiger partial charge in [0.15, 0.2) is 6.71 Å². The lowest BCUT2D eigenvalue weighted by Gasteiger charge is -2.68. The first-order chi connectivity index (χ1) is 28.3. The van der Waals surface area contributed by atoms with Crippen LogP contribution in [-0.4, -0.2) is 82.0 Å². The molecule has 3 aliphatic carbocycles. The van der Waals surface area contributed by atoms with Gasteiger partial charge >= 0.3 is 0 Å². The van der Waals surface area contributed by atoms with Crippen LogP contribution in [0.15, 0.2) is 102 Å². The lowest BCUT2D eigenvalue weighted by atomic mass is 9.18. The van der Waals surface area contributed by atoms with Gasteiger partial charge in [0.05, 0.1) is 12.2 Å². The van der Waals surface area contributed by atoms with Crippen LogP contribution in [0.3, 0.4) is 0 Å². The van der Waals surface area contributed by atoms with Crippen LogP contribution >= 0.6 is 0 Å². The van der Waals surface area contributed by atoms with E-state index in [0.717, 1.165) is 30.7 Å². The molecule has 14 atom stereocenters. The molecular weight excluding hydrogens is 699 g/mol. The molecule has 8 nitrogen and oxygen atoms in total. The van der Waals surface area contributed by atoms with E-state index in [9.17, 15) is 0 Å². The minimum atomic E-state index is 0.346. The Kier molecular flexibility index (Phi) is 7.17. The summed E-state index contributed by atoms with van der Waals surface area (Å²) in [5, 5.41) is 8.42. The van der Waals surface area contributed by atoms with E-state index < -0.39 is 0 Å². The molecule has 3 aromatic rings. The van der Waals surface area contributed by atoms with Gasteiger partial charge in [-0.05, 0) is 123 Å². The summed E-state index contributed by atoms with van der Waals surface area (Å²) in [4.78, 5) is 22.3. The van der Waals surface area contributed by atoms with Crippen molar-refractivity contribution in [3.05, 3.63) is 108 Å². The molecule has 0 radical (unpaired) electrons. The van der Waals surface area contributed by atoms with E-state index in [-0.39, 0.29) is 0 Å². The van der Waals surface area contributed by atoms with Crippen molar-refractivity contribution in [2.24, 2.45) is 17.8 Å². The first-order valence-electron chi connectivity index (χ1n) is 23.3. The minimum Gasteiger partial charge on any atom is -0.352 e. The maximum Gasteiger partial charge on any atom is 0.159 e. The van der Waals surface area contributed by atoms with E-state index in [2.05, 4.69) is 90.9 Å². The summed E-state index contributed by atoms with van der Waals surface area (Å²) in [6.45, 7) is 3.08. The van der Waals surface area contributed by atoms with Crippen LogP contribution < -0.4 is 20.4 Å². The van der Waals surface area contributed by atoms with E-state index in [4.69, 9.17) is 9.97 Å². The van der Waals surface area contributed by atoms with Crippen LogP contribution in [0.25, 0.3) is 0 Å². The molecule has 0 spiro atoms. The number of nitrogens with one attached hydrogen (secondary N) is 2. The van der Waals surface area contributed by atoms with Gasteiger partial charge in [0.1, 0.15) is 17.5 Å². The monoisotopic (exact) mass is 756 g/mol. The Morgan fingerprint density at radius 1 is 0.561 bits per heavy atom. The molecule has 9 heteroatoms. The highest BCUT2D eigenvalue weighted by Gasteiger charge is 2.72. The van der Waals surface area contributed by atoms with Crippen molar-refractivity contribution >= 4 is 18.1 Å². The van der Waals surface area contributed by atoms with Crippen molar-refractivity contribution in [3.63, 3.8) is 0 Å². The van der Waals surface area contributed by atoms with Gasteiger partial charge in [-0.1, -0.05) is 62.1 Å². The number of hydrogen-bond acceptors (Lipinski definition) is 8. The Morgan fingerprint density at radius 2 is 1.25 bits per heavy atom. The number of rotatable bonds is 3. The van der Waals surface area contributed by atoms with E-state index in [1.54, 1.807) is 17.2 Å². The normalized spacial score (nSPS) is 42.0. The van der Waals surface area contributed by atoms with Gasteiger partial charge in [-0.15, -0.1) is 0 Å². The second-order valence-electron chi connectivity index (χ2n) is 20.0. The van der Waals surface area contributed by atoms with Crippen molar-refractivity contribution < 1.29 is 0 Å². The molecular formula is C48H57BN8. The molecule has 0 amide bonds. The van der Waals surface area contributed by atoms with Gasteiger partial charge in [-0.25, -0.2) is 9.97 Å². The number of benzene rings is 2. The van der Waals surface area contributed by atoms with E-state index in [0.29, 0.717) is 71.9 Å². The molecule has 292 valence electrons. The molecule has 4 saturated heterocycles. The van der Waals surface area contributed by atoms with Crippen LogP contribution in [0.2, 0.25) is 17.5 Å². The lowest BCUT2D eigenvalue weighted by molar-refractivity contribution is 0.0122. The molecule has 7 fully saturated rings. The van der Waals surface area contributed by atoms with Crippen LogP contribution in [-0.2, 0) is 0 Å². The second kappa shape index (κ2) is 12.4. The summed E-state index contributed by atoms with van der Waals surface area (Å²) < 4.78 is 0. The third-order valence-corrected chi connectivity index (χ3v) is 18.0. The van der Waals surface area contributed by atoms with Crippen molar-refractivity contribution in [2.75, 3.05) is 22.9 Å². The molecule has 2 aromatic carbocycles. The molecule has 14 unspecified atom stereocenters. The van der Waals surface area contributed by atoms with Crippen molar-refractivity contribution in [2.45, 2.75) is 143 Å². The molecule has 9 heterocycles. The minimum absolute atomic E-state index is 0.346. The number of fused-ring (bicyclic) bond motifs is 12. The summed E-state index contributed by atoms with van der Waals surface area (Å²) >= 11 is 0. The van der Waals surface area contributed by atoms with Gasteiger partial charge in [-0.2, -0.15) is 0 Å². The summed E-state index contributed by atoms with van der Waals surface area (Å²) in [5.74, 6) is 8.80. The first kappa shape index (κ1) is 33.1. The Labute approximate surface area is 338 Å². The summed E-state index contributed by atoms with van der Waals surface area (Å²) in [5.41, 5.74) is 6.45. The molecule has 11 aliphatic rings. The topological polar surface area (TPSA) is 62.8 Å². The molecule has 3 saturated carbocycles. The number of hydrogen-bond donors (Lipinski definition) is 2. The molecule has 8 aliphatic heterocycles. The maximum absolute atomic E-state index is 5.09. The Hall–Kier alpha value is -3.82. The van der Waals surface area contributed by atoms with Crippen LogP contribution in [0.1, 0.15) is 88.8 Å². The predicted molar refractivity (Wildman–Crippen MR) is 226 cm³/mol. The summed E-state index contributed by atoms with van der Waals surface area (Å²) in [6.07, 6.45) is 20.2. The molecule has 0 bridgehead atoms. The van der Waals surface area contributed by atoms with Crippen LogP contribution in [0.4, 0.5) is 11.4 Å². The first-order valence-corrected chi connectivity index (χ1v) is 23.3. The Bertz CT molecular complexity index is 2000. The average Bonchev–Trinajstić information content (AvgIpc) is 4.00. The zero-order valence-corrected chi connectivity index (χ0v) is 33.2. The van der Waals surface area contributed by atoms with Crippen molar-refractivity contribution in [1.29, 1.82) is 0 Å². The highest BCUT2D eigenvalue weighted by molar-refractivity contribution is 6.65. The van der Waals surface area contributed by atoms with Crippen LogP contribution in [0, 0.1) is 17.8 Å². The van der Waals surface area contributed by atoms with Gasteiger partial charge in [0.25, 0.3) is 0 Å². The molecule has 57 heavy (non-hydrogen) atoms. The quantitative estimate of drug-likeness (QED) is 0.265. The van der Waals surface area contributed by atoms with E-state index >= 15 is 0 Å². The van der Waals surface area contributed by atoms with Gasteiger partial charge in [0, 0.05) is 77.6 Å². The molecule has 14 rings (SSSR count). The third-order valence-electron chi connectivity index (χ3n) is 18.0. The zero-order valence-electron chi connectivity index (χ0n) is 33.2. The van der Waals surface area contributed by atoms with E-state index in [1.165, 1.54) is 95.0 Å². The standard InChI is InChI=1S/C48H57BN8/c1-3-12-29(13-4-1)54-36-20-8-7-16-31(36)40-42-44-35(21-25-50-42)49-34-19-9-17-32-39-33-18-10-22-53-46(33)55(30-14-5-2-6-15-30)47(39)56(43(32)34)37-26-28(45-51-23-11-24-52-45)27-38(41(37)49)57(44)48(40)54/h1-6,11-15,23-24,28,31-38,41-44,46,50,53H,7-10,16-22,25-27H2. The second-order valence-corrected chi connectivity index (χ2v) is 20.0. The maximum atomic E-state index is 5.09. The van der Waals surface area contributed by atoms with E-state index in [1.807, 2.05) is 24.0 Å². The Balaban J connectivity index is 0.975. The highest BCUT2D eigenvalue weighted by Crippen LogP contribution is 2.70. The highest BCUT2D eigenvalue weighted by atomic mass is 15.5. The van der Waals surface area contributed by atoms with Gasteiger partial charge < -0.3 is 24.9 Å². The zero-order chi connectivity index (χ0) is 36.9. The average molecular weight is 757 g/mol. The molecule has 1 aromatic heterocycles. The Morgan fingerprint density at radius 3 is 2.05 bits per heavy atom. The van der Waals surface area contributed by atoms with Crippen LogP contribution in [0.5, 0.6) is 0 Å². The van der Waals surface area contributed by atoms with Gasteiger partial charge in [0.2, 0.25) is 0 Å². The van der Waals surface area contributed by atoms with Crippen molar-refractivity contribution in [3.8, 4) is 0 Å². The van der Waals surface area contributed by atoms with Crippen molar-refractivity contribution in [1.82, 2.24) is 30.4 Å². The number of para-hydroxylation sites is 2. The largest absolute Gasteiger partial charge is 0.352 e.